The Bertz CT molecular complexity index is 896. The highest BCUT2D eigenvalue weighted by Crippen LogP contribution is 2.33. The second kappa shape index (κ2) is 8.72. The normalized spacial score (nSPS) is 10.2. The van der Waals surface area contributed by atoms with Crippen molar-refractivity contribution in [3.63, 3.8) is 0 Å². The third kappa shape index (κ3) is 4.63. The van der Waals surface area contributed by atoms with Crippen molar-refractivity contribution >= 4 is 5.97 Å². The van der Waals surface area contributed by atoms with Gasteiger partial charge in [0.05, 0.1) is 13.2 Å². The van der Waals surface area contributed by atoms with Crippen molar-refractivity contribution in [1.29, 1.82) is 5.26 Å². The lowest BCUT2D eigenvalue weighted by molar-refractivity contribution is -0.143. The molecule has 2 N–H and O–H groups in total. The fourth-order valence-corrected chi connectivity index (χ4v) is 2.48. The summed E-state index contributed by atoms with van der Waals surface area (Å²) in [6.45, 7) is 4.09. The molecule has 1 aromatic carbocycles. The highest BCUT2D eigenvalue weighted by Gasteiger charge is 2.14. The number of nitrogens with one attached hydrogen (secondary N) is 1. The molecule has 0 atom stereocenters. The quantitative estimate of drug-likeness (QED) is 0.582. The van der Waals surface area contributed by atoms with Gasteiger partial charge < -0.3 is 19.6 Å². The molecule has 0 amide bonds. The summed E-state index contributed by atoms with van der Waals surface area (Å²) in [5, 5.41) is 19.5. The van der Waals surface area contributed by atoms with Gasteiger partial charge in [-0.1, -0.05) is 0 Å². The third-order valence-corrected chi connectivity index (χ3v) is 3.64. The Labute approximate surface area is 150 Å². The van der Waals surface area contributed by atoms with Crippen LogP contribution in [0.25, 0.3) is 11.1 Å². The molecule has 0 unspecified atom stereocenters. The number of phenolic OH excluding ortho intramolecular Hbond substituents is 1. The maximum absolute atomic E-state index is 11.9. The molecule has 0 aliphatic rings. The van der Waals surface area contributed by atoms with Crippen LogP contribution >= 0.6 is 0 Å². The van der Waals surface area contributed by atoms with Gasteiger partial charge in [0.1, 0.15) is 23.1 Å². The Kier molecular flexibility index (Phi) is 6.39. The maximum atomic E-state index is 11.9. The summed E-state index contributed by atoms with van der Waals surface area (Å²) in [7, 11) is 0. The zero-order chi connectivity index (χ0) is 19.1. The zero-order valence-electron chi connectivity index (χ0n) is 14.7. The number of nitrogens with zero attached hydrogens (tertiary/aromatic N) is 1. The van der Waals surface area contributed by atoms with Gasteiger partial charge in [-0.2, -0.15) is 5.26 Å². The molecule has 0 fully saturated rings. The first kappa shape index (κ1) is 19.1. The van der Waals surface area contributed by atoms with E-state index in [1.165, 1.54) is 6.07 Å². The smallest absolute Gasteiger partial charge is 0.305 e. The third-order valence-electron chi connectivity index (χ3n) is 3.64. The topological polar surface area (TPSA) is 112 Å². The van der Waals surface area contributed by atoms with Crippen molar-refractivity contribution < 1.29 is 19.4 Å². The van der Waals surface area contributed by atoms with Crippen LogP contribution in [-0.4, -0.2) is 29.3 Å². The number of aromatic hydroxyl groups is 1. The number of pyridine rings is 1. The van der Waals surface area contributed by atoms with Gasteiger partial charge in [-0.15, -0.1) is 0 Å². The summed E-state index contributed by atoms with van der Waals surface area (Å²) in [4.78, 5) is 25.7. The number of H-pyrrole nitrogens is 1. The van der Waals surface area contributed by atoms with E-state index in [9.17, 15) is 20.0 Å². The summed E-state index contributed by atoms with van der Waals surface area (Å²) in [5.74, 6) is 0.0487. The lowest BCUT2D eigenvalue weighted by Crippen LogP contribution is -2.12. The number of nitriles is 1. The van der Waals surface area contributed by atoms with Gasteiger partial charge in [0, 0.05) is 29.3 Å². The van der Waals surface area contributed by atoms with Crippen molar-refractivity contribution in [1.82, 2.24) is 4.98 Å². The Hall–Kier alpha value is -3.27. The number of rotatable bonds is 7. The second-order valence-electron chi connectivity index (χ2n) is 5.62. The molecule has 1 heterocycles. The number of carbonyl (C=O) groups excluding carboxylic acids is 1. The fourth-order valence-electron chi connectivity index (χ4n) is 2.48. The van der Waals surface area contributed by atoms with E-state index in [1.54, 1.807) is 32.0 Å². The standard InChI is InChI=1S/C19H20N2O5/c1-3-25-18(23)5-4-8-26-13-6-7-14(17(22)10-13)15-9-12(2)21-19(24)16(15)11-20/h6-7,9-10,22H,3-5,8H2,1-2H3,(H,21,24). The van der Waals surface area contributed by atoms with E-state index in [-0.39, 0.29) is 23.7 Å². The lowest BCUT2D eigenvalue weighted by atomic mass is 10.00. The van der Waals surface area contributed by atoms with E-state index in [0.29, 0.717) is 42.2 Å². The molecule has 1 aromatic heterocycles. The number of aromatic nitrogens is 1. The van der Waals surface area contributed by atoms with Gasteiger partial charge in [-0.3, -0.25) is 9.59 Å². The molecule has 26 heavy (non-hydrogen) atoms. The van der Waals surface area contributed by atoms with E-state index in [2.05, 4.69) is 4.98 Å². The first-order chi connectivity index (χ1) is 12.5. The van der Waals surface area contributed by atoms with E-state index >= 15 is 0 Å². The van der Waals surface area contributed by atoms with Gasteiger partial charge in [0.25, 0.3) is 5.56 Å². The molecule has 0 spiro atoms. The molecular weight excluding hydrogens is 336 g/mol. The number of ether oxygens (including phenoxy) is 2. The predicted octanol–water partition coefficient (Wildman–Crippen LogP) is 2.65. The monoisotopic (exact) mass is 356 g/mol. The van der Waals surface area contributed by atoms with Crippen molar-refractivity contribution in [2.75, 3.05) is 13.2 Å². The lowest BCUT2D eigenvalue weighted by Gasteiger charge is -2.11. The minimum absolute atomic E-state index is 0.0611. The van der Waals surface area contributed by atoms with Crippen LogP contribution in [0.2, 0.25) is 0 Å². The zero-order valence-corrected chi connectivity index (χ0v) is 14.7. The van der Waals surface area contributed by atoms with E-state index in [4.69, 9.17) is 9.47 Å². The molecule has 0 bridgehead atoms. The van der Waals surface area contributed by atoms with E-state index < -0.39 is 5.56 Å². The molecule has 0 aliphatic heterocycles. The average molecular weight is 356 g/mol. The number of aryl methyl sites for hydroxylation is 1. The predicted molar refractivity (Wildman–Crippen MR) is 95.0 cm³/mol. The summed E-state index contributed by atoms with van der Waals surface area (Å²) in [5.41, 5.74) is 0.757. The van der Waals surface area contributed by atoms with Crippen LogP contribution in [0.5, 0.6) is 11.5 Å². The van der Waals surface area contributed by atoms with Crippen LogP contribution in [-0.2, 0) is 9.53 Å². The van der Waals surface area contributed by atoms with Gasteiger partial charge in [-0.05, 0) is 38.5 Å². The Morgan fingerprint density at radius 3 is 2.73 bits per heavy atom. The number of hydrogen-bond donors (Lipinski definition) is 2. The Morgan fingerprint density at radius 1 is 1.31 bits per heavy atom. The molecule has 0 saturated carbocycles. The van der Waals surface area contributed by atoms with Crippen molar-refractivity contribution in [3.8, 4) is 28.7 Å². The molecule has 7 nitrogen and oxygen atoms in total. The van der Waals surface area contributed by atoms with E-state index in [1.807, 2.05) is 6.07 Å². The van der Waals surface area contributed by atoms with Gasteiger partial charge in [-0.25, -0.2) is 0 Å². The van der Waals surface area contributed by atoms with Gasteiger partial charge in [0.2, 0.25) is 0 Å². The molecule has 7 heteroatoms. The average Bonchev–Trinajstić information content (AvgIpc) is 2.58. The molecule has 0 aliphatic carbocycles. The molecule has 0 radical (unpaired) electrons. The highest BCUT2D eigenvalue weighted by molar-refractivity contribution is 5.76. The summed E-state index contributed by atoms with van der Waals surface area (Å²) < 4.78 is 10.3. The molecule has 0 saturated heterocycles. The number of phenols is 1. The van der Waals surface area contributed by atoms with Crippen LogP contribution in [0.1, 0.15) is 31.0 Å². The molecule has 2 aromatic rings. The van der Waals surface area contributed by atoms with Crippen molar-refractivity contribution in [3.05, 3.63) is 45.9 Å². The highest BCUT2D eigenvalue weighted by atomic mass is 16.5. The van der Waals surface area contributed by atoms with Crippen LogP contribution in [0.3, 0.4) is 0 Å². The van der Waals surface area contributed by atoms with Crippen LogP contribution in [0.4, 0.5) is 0 Å². The van der Waals surface area contributed by atoms with Crippen LogP contribution in [0, 0.1) is 18.3 Å². The summed E-state index contributed by atoms with van der Waals surface area (Å²) in [6.07, 6.45) is 0.753. The minimum Gasteiger partial charge on any atom is -0.507 e. The van der Waals surface area contributed by atoms with E-state index in [0.717, 1.165) is 0 Å². The van der Waals surface area contributed by atoms with Crippen molar-refractivity contribution in [2.45, 2.75) is 26.7 Å². The SMILES string of the molecule is CCOC(=O)CCCOc1ccc(-c2cc(C)[nH]c(=O)c2C#N)c(O)c1. The summed E-state index contributed by atoms with van der Waals surface area (Å²) >= 11 is 0. The molecular formula is C19H20N2O5. The van der Waals surface area contributed by atoms with Crippen LogP contribution < -0.4 is 10.3 Å². The Balaban J connectivity index is 2.12. The summed E-state index contributed by atoms with van der Waals surface area (Å²) in [6, 6.07) is 8.14. The number of esters is 1. The first-order valence-corrected chi connectivity index (χ1v) is 8.22. The maximum Gasteiger partial charge on any atom is 0.305 e. The largest absolute Gasteiger partial charge is 0.507 e. The molecule has 2 rings (SSSR count). The number of benzene rings is 1. The fraction of sp³-hybridized carbons (Fsp3) is 0.316. The van der Waals surface area contributed by atoms with Gasteiger partial charge in [0.15, 0.2) is 0 Å². The molecule has 136 valence electrons. The Morgan fingerprint density at radius 2 is 2.08 bits per heavy atom. The number of hydrogen-bond acceptors (Lipinski definition) is 6. The van der Waals surface area contributed by atoms with Crippen LogP contribution in [0.15, 0.2) is 29.1 Å². The van der Waals surface area contributed by atoms with Gasteiger partial charge >= 0.3 is 5.97 Å². The number of aromatic amines is 1. The minimum atomic E-state index is -0.499. The number of carbonyl (C=O) groups is 1. The van der Waals surface area contributed by atoms with Crippen molar-refractivity contribution in [2.24, 2.45) is 0 Å². The second-order valence-corrected chi connectivity index (χ2v) is 5.62. The first-order valence-electron chi connectivity index (χ1n) is 8.22.